The van der Waals surface area contributed by atoms with Crippen LogP contribution in [0, 0.1) is 13.8 Å². The van der Waals surface area contributed by atoms with Gasteiger partial charge < -0.3 is 15.0 Å². The zero-order valence-electron chi connectivity index (χ0n) is 13.3. The van der Waals surface area contributed by atoms with Crippen molar-refractivity contribution in [3.05, 3.63) is 35.2 Å². The van der Waals surface area contributed by atoms with Gasteiger partial charge in [0.2, 0.25) is 0 Å². The number of hydrogen-bond donors (Lipinski definition) is 1. The number of aromatic nitrogens is 2. The van der Waals surface area contributed by atoms with Crippen LogP contribution in [0.5, 0.6) is 0 Å². The first kappa shape index (κ1) is 15.7. The number of nitrogens with zero attached hydrogens (tertiary/aromatic N) is 2. The van der Waals surface area contributed by atoms with Crippen molar-refractivity contribution in [3.8, 4) is 11.5 Å². The second-order valence-electron chi connectivity index (χ2n) is 5.95. The van der Waals surface area contributed by atoms with E-state index in [4.69, 9.17) is 15.0 Å². The zero-order chi connectivity index (χ0) is 15.6. The normalized spacial score (nSPS) is 14.4. The minimum absolute atomic E-state index is 0.110. The molecule has 0 aliphatic carbocycles. The SMILES string of the molecule is Cc1cccc(-c2nc(C(C)(N)COC(C)C)no2)c1C. The Bertz CT molecular complexity index is 618. The van der Waals surface area contributed by atoms with Gasteiger partial charge in [-0.15, -0.1) is 0 Å². The van der Waals surface area contributed by atoms with Gasteiger partial charge in [-0.05, 0) is 51.8 Å². The Morgan fingerprint density at radius 1 is 1.33 bits per heavy atom. The molecule has 0 amide bonds. The van der Waals surface area contributed by atoms with Crippen molar-refractivity contribution in [2.24, 2.45) is 5.73 Å². The number of benzene rings is 1. The Morgan fingerprint density at radius 2 is 2.05 bits per heavy atom. The molecule has 2 aromatic rings. The predicted molar refractivity (Wildman–Crippen MR) is 81.8 cm³/mol. The lowest BCUT2D eigenvalue weighted by atomic mass is 10.0. The molecule has 0 spiro atoms. The van der Waals surface area contributed by atoms with E-state index in [2.05, 4.69) is 23.1 Å². The van der Waals surface area contributed by atoms with Crippen LogP contribution in [0.4, 0.5) is 0 Å². The average molecular weight is 289 g/mol. The van der Waals surface area contributed by atoms with Crippen LogP contribution in [0.1, 0.15) is 37.7 Å². The molecule has 1 aromatic heterocycles. The van der Waals surface area contributed by atoms with E-state index in [1.165, 1.54) is 5.56 Å². The molecule has 5 nitrogen and oxygen atoms in total. The molecule has 1 heterocycles. The minimum atomic E-state index is -0.774. The number of aryl methyl sites for hydroxylation is 1. The molecule has 0 bridgehead atoms. The average Bonchev–Trinajstić information content (AvgIpc) is 2.90. The Kier molecular flexibility index (Phi) is 4.44. The summed E-state index contributed by atoms with van der Waals surface area (Å²) in [6.07, 6.45) is 0.110. The van der Waals surface area contributed by atoms with E-state index in [9.17, 15) is 0 Å². The highest BCUT2D eigenvalue weighted by Gasteiger charge is 2.29. The second kappa shape index (κ2) is 5.95. The van der Waals surface area contributed by atoms with Crippen LogP contribution < -0.4 is 5.73 Å². The summed E-state index contributed by atoms with van der Waals surface area (Å²) in [6, 6.07) is 6.00. The maximum absolute atomic E-state index is 6.24. The standard InChI is InChI=1S/C16H23N3O2/c1-10(2)20-9-16(5,17)15-18-14(21-19-15)13-8-6-7-11(3)12(13)4/h6-8,10H,9,17H2,1-5H3. The third-order valence-electron chi connectivity index (χ3n) is 3.49. The van der Waals surface area contributed by atoms with Gasteiger partial charge in [0.1, 0.15) is 5.54 Å². The summed E-state index contributed by atoms with van der Waals surface area (Å²) in [5.41, 5.74) is 8.72. The molecule has 1 atom stereocenters. The molecule has 114 valence electrons. The second-order valence-corrected chi connectivity index (χ2v) is 5.95. The van der Waals surface area contributed by atoms with E-state index in [1.807, 2.05) is 39.8 Å². The number of rotatable bonds is 5. The molecule has 0 saturated carbocycles. The molecular formula is C16H23N3O2. The van der Waals surface area contributed by atoms with Crippen molar-refractivity contribution in [1.82, 2.24) is 10.1 Å². The summed E-state index contributed by atoms with van der Waals surface area (Å²) in [7, 11) is 0. The Hall–Kier alpha value is -1.72. The smallest absolute Gasteiger partial charge is 0.258 e. The van der Waals surface area contributed by atoms with Crippen LogP contribution in [-0.2, 0) is 10.3 Å². The van der Waals surface area contributed by atoms with Gasteiger partial charge in [0.15, 0.2) is 5.82 Å². The molecule has 2 N–H and O–H groups in total. The first-order valence-corrected chi connectivity index (χ1v) is 7.12. The molecule has 5 heteroatoms. The van der Waals surface area contributed by atoms with Crippen molar-refractivity contribution in [2.45, 2.75) is 46.3 Å². The molecule has 0 saturated heterocycles. The summed E-state index contributed by atoms with van der Waals surface area (Å²) >= 11 is 0. The summed E-state index contributed by atoms with van der Waals surface area (Å²) in [6.45, 7) is 10.2. The van der Waals surface area contributed by atoms with Crippen LogP contribution in [0.2, 0.25) is 0 Å². The van der Waals surface area contributed by atoms with Gasteiger partial charge in [-0.3, -0.25) is 0 Å². The van der Waals surface area contributed by atoms with Gasteiger partial charge in [-0.1, -0.05) is 17.3 Å². The van der Waals surface area contributed by atoms with Crippen LogP contribution in [0.15, 0.2) is 22.7 Å². The first-order chi connectivity index (χ1) is 9.81. The Balaban J connectivity index is 2.27. The van der Waals surface area contributed by atoms with Crippen LogP contribution in [0.25, 0.3) is 11.5 Å². The highest BCUT2D eigenvalue weighted by Crippen LogP contribution is 2.26. The van der Waals surface area contributed by atoms with Gasteiger partial charge in [0, 0.05) is 5.56 Å². The quantitative estimate of drug-likeness (QED) is 0.916. The lowest BCUT2D eigenvalue weighted by molar-refractivity contribution is 0.0410. The number of hydrogen-bond acceptors (Lipinski definition) is 5. The first-order valence-electron chi connectivity index (χ1n) is 7.12. The van der Waals surface area contributed by atoms with Gasteiger partial charge in [0.25, 0.3) is 5.89 Å². The largest absolute Gasteiger partial charge is 0.376 e. The van der Waals surface area contributed by atoms with E-state index < -0.39 is 5.54 Å². The summed E-state index contributed by atoms with van der Waals surface area (Å²) in [5, 5.41) is 4.02. The van der Waals surface area contributed by atoms with Gasteiger partial charge in [-0.25, -0.2) is 0 Å². The fourth-order valence-electron chi connectivity index (χ4n) is 1.95. The molecular weight excluding hydrogens is 266 g/mol. The summed E-state index contributed by atoms with van der Waals surface area (Å²) in [5.74, 6) is 0.950. The fraction of sp³-hybridized carbons (Fsp3) is 0.500. The van der Waals surface area contributed by atoms with Crippen LogP contribution >= 0.6 is 0 Å². The third-order valence-corrected chi connectivity index (χ3v) is 3.49. The molecule has 0 radical (unpaired) electrons. The maximum Gasteiger partial charge on any atom is 0.258 e. The van der Waals surface area contributed by atoms with Gasteiger partial charge in [0.05, 0.1) is 12.7 Å². The molecule has 0 aliphatic rings. The van der Waals surface area contributed by atoms with E-state index >= 15 is 0 Å². The minimum Gasteiger partial charge on any atom is -0.376 e. The summed E-state index contributed by atoms with van der Waals surface area (Å²) in [4.78, 5) is 4.45. The monoisotopic (exact) mass is 289 g/mol. The highest BCUT2D eigenvalue weighted by atomic mass is 16.5. The van der Waals surface area contributed by atoms with Crippen molar-refractivity contribution in [3.63, 3.8) is 0 Å². The van der Waals surface area contributed by atoms with Gasteiger partial charge in [-0.2, -0.15) is 4.98 Å². The number of ether oxygens (including phenoxy) is 1. The van der Waals surface area contributed by atoms with Crippen molar-refractivity contribution in [2.75, 3.05) is 6.61 Å². The molecule has 0 aliphatic heterocycles. The van der Waals surface area contributed by atoms with Gasteiger partial charge >= 0.3 is 0 Å². The van der Waals surface area contributed by atoms with E-state index in [0.717, 1.165) is 11.1 Å². The topological polar surface area (TPSA) is 74.2 Å². The molecule has 0 fully saturated rings. The number of nitrogens with two attached hydrogens (primary N) is 1. The fourth-order valence-corrected chi connectivity index (χ4v) is 1.95. The predicted octanol–water partition coefficient (Wildman–Crippen LogP) is 2.95. The Morgan fingerprint density at radius 3 is 2.71 bits per heavy atom. The molecule has 1 aromatic carbocycles. The molecule has 21 heavy (non-hydrogen) atoms. The van der Waals surface area contributed by atoms with E-state index in [1.54, 1.807) is 0 Å². The van der Waals surface area contributed by atoms with Crippen molar-refractivity contribution < 1.29 is 9.26 Å². The Labute approximate surface area is 125 Å². The van der Waals surface area contributed by atoms with Crippen LogP contribution in [-0.4, -0.2) is 22.9 Å². The lowest BCUT2D eigenvalue weighted by Gasteiger charge is -2.21. The molecule has 1 unspecified atom stereocenters. The maximum atomic E-state index is 6.24. The van der Waals surface area contributed by atoms with Crippen molar-refractivity contribution in [1.29, 1.82) is 0 Å². The van der Waals surface area contributed by atoms with Crippen LogP contribution in [0.3, 0.4) is 0 Å². The lowest BCUT2D eigenvalue weighted by Crippen LogP contribution is -2.40. The zero-order valence-corrected chi connectivity index (χ0v) is 13.3. The van der Waals surface area contributed by atoms with Crippen molar-refractivity contribution >= 4 is 0 Å². The molecule has 2 rings (SSSR count). The highest BCUT2D eigenvalue weighted by molar-refractivity contribution is 5.60. The van der Waals surface area contributed by atoms with E-state index in [0.29, 0.717) is 18.3 Å². The third kappa shape index (κ3) is 3.49. The summed E-state index contributed by atoms with van der Waals surface area (Å²) < 4.78 is 11.0. The van der Waals surface area contributed by atoms with E-state index in [-0.39, 0.29) is 6.10 Å².